The molecule has 0 spiro atoms. The highest BCUT2D eigenvalue weighted by atomic mass is 16.6. The number of carboxylic acids is 1. The number of hydrogen-bond donors (Lipinski definition) is 2. The third kappa shape index (κ3) is 4.69. The Balaban J connectivity index is 2.79. The van der Waals surface area contributed by atoms with E-state index in [4.69, 9.17) is 4.74 Å². The normalized spacial score (nSPS) is 23.8. The van der Waals surface area contributed by atoms with Gasteiger partial charge in [0.15, 0.2) is 0 Å². The van der Waals surface area contributed by atoms with Crippen molar-refractivity contribution in [3.8, 4) is 0 Å². The van der Waals surface area contributed by atoms with Crippen LogP contribution in [0.3, 0.4) is 0 Å². The van der Waals surface area contributed by atoms with Crippen LogP contribution in [0.2, 0.25) is 0 Å². The van der Waals surface area contributed by atoms with Crippen LogP contribution in [0.4, 0.5) is 4.79 Å². The van der Waals surface area contributed by atoms with Crippen LogP contribution in [0.15, 0.2) is 0 Å². The maximum atomic E-state index is 11.8. The summed E-state index contributed by atoms with van der Waals surface area (Å²) in [4.78, 5) is 23.3. The molecule has 5 nitrogen and oxygen atoms in total. The lowest BCUT2D eigenvalue weighted by Crippen LogP contribution is -2.52. The summed E-state index contributed by atoms with van der Waals surface area (Å²) in [7, 11) is 0. The van der Waals surface area contributed by atoms with Crippen molar-refractivity contribution in [2.75, 3.05) is 0 Å². The highest BCUT2D eigenvalue weighted by Crippen LogP contribution is 2.42. The number of nitrogens with one attached hydrogen (secondary N) is 1. The lowest BCUT2D eigenvalue weighted by atomic mass is 9.66. The van der Waals surface area contributed by atoms with Gasteiger partial charge in [0.1, 0.15) is 11.6 Å². The number of amides is 1. The van der Waals surface area contributed by atoms with Crippen molar-refractivity contribution in [2.45, 2.75) is 71.9 Å². The van der Waals surface area contributed by atoms with Crippen molar-refractivity contribution in [3.63, 3.8) is 0 Å². The van der Waals surface area contributed by atoms with Crippen LogP contribution in [0, 0.1) is 11.3 Å². The Morgan fingerprint density at radius 3 is 2.35 bits per heavy atom. The van der Waals surface area contributed by atoms with Gasteiger partial charge in [0.2, 0.25) is 0 Å². The second-order valence-electron chi connectivity index (χ2n) is 7.30. The van der Waals surface area contributed by atoms with Crippen LogP contribution in [-0.2, 0) is 9.53 Å². The van der Waals surface area contributed by atoms with Gasteiger partial charge in [-0.1, -0.05) is 26.7 Å². The molecule has 2 atom stereocenters. The number of ether oxygens (including phenoxy) is 1. The zero-order valence-corrected chi connectivity index (χ0v) is 13.2. The van der Waals surface area contributed by atoms with Crippen LogP contribution >= 0.6 is 0 Å². The maximum absolute atomic E-state index is 11.8. The fourth-order valence-electron chi connectivity index (χ4n) is 2.91. The molecule has 5 heteroatoms. The number of alkyl carbamates (subject to hydrolysis) is 1. The molecule has 0 aromatic rings. The van der Waals surface area contributed by atoms with E-state index in [1.807, 2.05) is 0 Å². The molecule has 116 valence electrons. The van der Waals surface area contributed by atoms with Crippen LogP contribution in [0.1, 0.15) is 60.3 Å². The minimum absolute atomic E-state index is 0.0683. The van der Waals surface area contributed by atoms with E-state index < -0.39 is 23.7 Å². The van der Waals surface area contributed by atoms with Crippen LogP contribution in [-0.4, -0.2) is 28.8 Å². The molecule has 0 radical (unpaired) electrons. The fraction of sp³-hybridized carbons (Fsp3) is 0.867. The largest absolute Gasteiger partial charge is 0.480 e. The molecular formula is C15H27NO4. The first kappa shape index (κ1) is 16.8. The zero-order valence-electron chi connectivity index (χ0n) is 13.2. The quantitative estimate of drug-likeness (QED) is 0.835. The molecule has 1 amide bonds. The number of rotatable bonds is 3. The molecule has 0 aromatic carbocycles. The van der Waals surface area contributed by atoms with Crippen molar-refractivity contribution >= 4 is 12.1 Å². The van der Waals surface area contributed by atoms with Gasteiger partial charge in [0.25, 0.3) is 0 Å². The Morgan fingerprint density at radius 1 is 1.30 bits per heavy atom. The van der Waals surface area contributed by atoms with Crippen LogP contribution < -0.4 is 5.32 Å². The van der Waals surface area contributed by atoms with Crippen molar-refractivity contribution in [2.24, 2.45) is 11.3 Å². The number of carboxylic acid groups (broad SMARTS) is 1. The van der Waals surface area contributed by atoms with Gasteiger partial charge in [0.05, 0.1) is 0 Å². The zero-order chi connectivity index (χ0) is 15.6. The molecule has 1 rings (SSSR count). The van der Waals surface area contributed by atoms with E-state index in [1.165, 1.54) is 0 Å². The molecule has 1 fully saturated rings. The average Bonchev–Trinajstić information content (AvgIpc) is 2.23. The Labute approximate surface area is 121 Å². The lowest BCUT2D eigenvalue weighted by Gasteiger charge is -2.41. The molecule has 0 saturated heterocycles. The highest BCUT2D eigenvalue weighted by molar-refractivity contribution is 5.80. The second-order valence-corrected chi connectivity index (χ2v) is 7.30. The van der Waals surface area contributed by atoms with Gasteiger partial charge in [-0.2, -0.15) is 0 Å². The summed E-state index contributed by atoms with van der Waals surface area (Å²) >= 11 is 0. The van der Waals surface area contributed by atoms with E-state index in [-0.39, 0.29) is 11.3 Å². The topological polar surface area (TPSA) is 75.6 Å². The molecule has 1 aliphatic carbocycles. The van der Waals surface area contributed by atoms with Gasteiger partial charge in [-0.3, -0.25) is 0 Å². The van der Waals surface area contributed by atoms with Gasteiger partial charge >= 0.3 is 12.1 Å². The molecular weight excluding hydrogens is 258 g/mol. The van der Waals surface area contributed by atoms with Gasteiger partial charge in [-0.15, -0.1) is 0 Å². The SMILES string of the molecule is CC(C)(C)OC(=O)NC(C(=O)O)C1CCCCC1(C)C. The standard InChI is InChI=1S/C15H27NO4/c1-14(2,3)20-13(19)16-11(12(17)18)10-8-6-7-9-15(10,4)5/h10-11H,6-9H2,1-5H3,(H,16,19)(H,17,18). The molecule has 0 bridgehead atoms. The third-order valence-corrected chi connectivity index (χ3v) is 3.93. The summed E-state index contributed by atoms with van der Waals surface area (Å²) in [5.74, 6) is -1.06. The fourth-order valence-corrected chi connectivity index (χ4v) is 2.91. The highest BCUT2D eigenvalue weighted by Gasteiger charge is 2.42. The van der Waals surface area contributed by atoms with Gasteiger partial charge < -0.3 is 15.2 Å². The first-order chi connectivity index (χ1) is 9.03. The molecule has 1 saturated carbocycles. The van der Waals surface area contributed by atoms with Crippen molar-refractivity contribution in [1.29, 1.82) is 0 Å². The third-order valence-electron chi connectivity index (χ3n) is 3.93. The number of carbonyl (C=O) groups excluding carboxylic acids is 1. The predicted molar refractivity (Wildman–Crippen MR) is 76.5 cm³/mol. The van der Waals surface area contributed by atoms with E-state index in [2.05, 4.69) is 19.2 Å². The van der Waals surface area contributed by atoms with Crippen molar-refractivity contribution in [3.05, 3.63) is 0 Å². The number of aliphatic carboxylic acids is 1. The summed E-state index contributed by atoms with van der Waals surface area (Å²) in [6.07, 6.45) is 3.26. The van der Waals surface area contributed by atoms with E-state index >= 15 is 0 Å². The summed E-state index contributed by atoms with van der Waals surface area (Å²) < 4.78 is 5.16. The van der Waals surface area contributed by atoms with E-state index in [0.717, 1.165) is 25.7 Å². The smallest absolute Gasteiger partial charge is 0.408 e. The minimum Gasteiger partial charge on any atom is -0.480 e. The summed E-state index contributed by atoms with van der Waals surface area (Å²) in [6.45, 7) is 9.42. The van der Waals surface area contributed by atoms with Crippen LogP contribution in [0.5, 0.6) is 0 Å². The summed E-state index contributed by atoms with van der Waals surface area (Å²) in [5.41, 5.74) is -0.717. The van der Waals surface area contributed by atoms with Gasteiger partial charge in [-0.25, -0.2) is 9.59 Å². The molecule has 0 aromatic heterocycles. The summed E-state index contributed by atoms with van der Waals surface area (Å²) in [6, 6.07) is -0.889. The van der Waals surface area contributed by atoms with Gasteiger partial charge in [-0.05, 0) is 44.9 Å². The number of carbonyl (C=O) groups is 2. The Bertz CT molecular complexity index is 371. The molecule has 0 heterocycles. The monoisotopic (exact) mass is 285 g/mol. The molecule has 20 heavy (non-hydrogen) atoms. The minimum atomic E-state index is -0.990. The first-order valence-corrected chi connectivity index (χ1v) is 7.25. The van der Waals surface area contributed by atoms with E-state index in [9.17, 15) is 14.7 Å². The van der Waals surface area contributed by atoms with Crippen molar-refractivity contribution in [1.82, 2.24) is 5.32 Å². The molecule has 0 aliphatic heterocycles. The van der Waals surface area contributed by atoms with Crippen LogP contribution in [0.25, 0.3) is 0 Å². The summed E-state index contributed by atoms with van der Waals surface area (Å²) in [5, 5.41) is 12.0. The van der Waals surface area contributed by atoms with Gasteiger partial charge in [0, 0.05) is 0 Å². The first-order valence-electron chi connectivity index (χ1n) is 7.25. The predicted octanol–water partition coefficient (Wildman–Crippen LogP) is 3.18. The Hall–Kier alpha value is -1.26. The molecule has 2 N–H and O–H groups in total. The van der Waals surface area contributed by atoms with E-state index in [1.54, 1.807) is 20.8 Å². The average molecular weight is 285 g/mol. The maximum Gasteiger partial charge on any atom is 0.408 e. The second kappa shape index (κ2) is 6.02. The lowest BCUT2D eigenvalue weighted by molar-refractivity contribution is -0.143. The Morgan fingerprint density at radius 2 is 1.90 bits per heavy atom. The Kier molecular flexibility index (Phi) is 5.05. The van der Waals surface area contributed by atoms with E-state index in [0.29, 0.717) is 0 Å². The van der Waals surface area contributed by atoms with Crippen molar-refractivity contribution < 1.29 is 19.4 Å². The number of hydrogen-bond acceptors (Lipinski definition) is 3. The molecule has 2 unspecified atom stereocenters. The molecule has 1 aliphatic rings.